The largest absolute Gasteiger partial charge is 0.399 e. The van der Waals surface area contributed by atoms with Crippen molar-refractivity contribution in [1.82, 2.24) is 0 Å². The van der Waals surface area contributed by atoms with Crippen LogP contribution in [0.3, 0.4) is 0 Å². The highest BCUT2D eigenvalue weighted by Gasteiger charge is 1.81. The Bertz CT molecular complexity index is 148. The predicted octanol–water partition coefficient (Wildman–Crippen LogP) is 3.06. The first-order valence-electron chi connectivity index (χ1n) is 3.30. The van der Waals surface area contributed by atoms with E-state index in [9.17, 15) is 0 Å². The molecule has 0 radical (unpaired) electrons. The molecule has 1 aromatic rings. The molecule has 0 spiro atoms. The molecule has 0 aliphatic heterocycles. The molecule has 1 aromatic carbocycles. The third kappa shape index (κ3) is 3.51. The van der Waals surface area contributed by atoms with Crippen LogP contribution in [0.15, 0.2) is 28.7 Å². The molecule has 1 rings (SSSR count). The van der Waals surface area contributed by atoms with Gasteiger partial charge in [-0.2, -0.15) is 0 Å². The van der Waals surface area contributed by atoms with Crippen molar-refractivity contribution < 1.29 is 0 Å². The van der Waals surface area contributed by atoms with Gasteiger partial charge >= 0.3 is 0 Å². The highest BCUT2D eigenvalue weighted by Crippen LogP contribution is 2.10. The lowest BCUT2D eigenvalue weighted by molar-refractivity contribution is 1.50. The van der Waals surface area contributed by atoms with Crippen LogP contribution in [0.4, 0.5) is 5.69 Å². The van der Waals surface area contributed by atoms with Crippen LogP contribution < -0.4 is 5.73 Å². The summed E-state index contributed by atoms with van der Waals surface area (Å²) in [6.45, 7) is 4.00. The Morgan fingerprint density at radius 1 is 1.10 bits per heavy atom. The normalized spacial score (nSPS) is 7.90. The van der Waals surface area contributed by atoms with Gasteiger partial charge in [0, 0.05) is 10.2 Å². The van der Waals surface area contributed by atoms with Gasteiger partial charge < -0.3 is 5.73 Å². The van der Waals surface area contributed by atoms with Crippen molar-refractivity contribution in [3.05, 3.63) is 28.7 Å². The molecular formula is C8H12BrN. The van der Waals surface area contributed by atoms with Gasteiger partial charge in [-0.05, 0) is 24.3 Å². The number of benzene rings is 1. The summed E-state index contributed by atoms with van der Waals surface area (Å²) in [4.78, 5) is 0. The van der Waals surface area contributed by atoms with E-state index in [1.165, 1.54) is 0 Å². The summed E-state index contributed by atoms with van der Waals surface area (Å²) in [6.07, 6.45) is 0. The van der Waals surface area contributed by atoms with Crippen molar-refractivity contribution in [2.24, 2.45) is 0 Å². The van der Waals surface area contributed by atoms with E-state index in [-0.39, 0.29) is 0 Å². The van der Waals surface area contributed by atoms with Crippen molar-refractivity contribution in [1.29, 1.82) is 0 Å². The Balaban J connectivity index is 0.000000371. The fourth-order valence-electron chi connectivity index (χ4n) is 0.463. The molecule has 0 atom stereocenters. The smallest absolute Gasteiger partial charge is 0.0314 e. The van der Waals surface area contributed by atoms with Gasteiger partial charge in [0.15, 0.2) is 0 Å². The first-order chi connectivity index (χ1) is 4.79. The van der Waals surface area contributed by atoms with Crippen molar-refractivity contribution in [3.8, 4) is 0 Å². The fraction of sp³-hybridized carbons (Fsp3) is 0.250. The summed E-state index contributed by atoms with van der Waals surface area (Å²) in [5.41, 5.74) is 6.21. The summed E-state index contributed by atoms with van der Waals surface area (Å²) in [7, 11) is 0. The molecule has 0 fully saturated rings. The molecule has 0 heterocycles. The molecule has 0 amide bonds. The molecule has 0 unspecified atom stereocenters. The van der Waals surface area contributed by atoms with Crippen LogP contribution >= 0.6 is 15.9 Å². The Morgan fingerprint density at radius 2 is 1.50 bits per heavy atom. The van der Waals surface area contributed by atoms with Crippen molar-refractivity contribution >= 4 is 21.6 Å². The minimum atomic E-state index is 0.799. The zero-order chi connectivity index (χ0) is 7.98. The summed E-state index contributed by atoms with van der Waals surface area (Å²) in [5.74, 6) is 0. The molecule has 2 heteroatoms. The lowest BCUT2D eigenvalue weighted by Crippen LogP contribution is -1.80. The van der Waals surface area contributed by atoms with Crippen LogP contribution in [-0.2, 0) is 0 Å². The minimum absolute atomic E-state index is 0.799. The van der Waals surface area contributed by atoms with Gasteiger partial charge in [-0.3, -0.25) is 0 Å². The van der Waals surface area contributed by atoms with E-state index in [2.05, 4.69) is 15.9 Å². The number of rotatable bonds is 0. The van der Waals surface area contributed by atoms with Crippen LogP contribution in [-0.4, -0.2) is 0 Å². The number of halogens is 1. The van der Waals surface area contributed by atoms with Crippen LogP contribution in [0.25, 0.3) is 0 Å². The molecule has 0 aliphatic rings. The van der Waals surface area contributed by atoms with E-state index in [0.29, 0.717) is 0 Å². The second kappa shape index (κ2) is 5.30. The van der Waals surface area contributed by atoms with Gasteiger partial charge in [-0.1, -0.05) is 29.8 Å². The van der Waals surface area contributed by atoms with Gasteiger partial charge in [-0.15, -0.1) is 0 Å². The zero-order valence-corrected chi connectivity index (χ0v) is 7.85. The van der Waals surface area contributed by atoms with E-state index in [1.54, 1.807) is 0 Å². The second-order valence-electron chi connectivity index (χ2n) is 1.55. The van der Waals surface area contributed by atoms with Gasteiger partial charge in [0.05, 0.1) is 0 Å². The Morgan fingerprint density at radius 3 is 1.80 bits per heavy atom. The van der Waals surface area contributed by atoms with Gasteiger partial charge in [0.2, 0.25) is 0 Å². The molecule has 1 nitrogen and oxygen atoms in total. The maximum atomic E-state index is 5.41. The highest BCUT2D eigenvalue weighted by molar-refractivity contribution is 9.10. The standard InChI is InChI=1S/C6H6BrN.C2H6/c7-5-1-3-6(8)4-2-5;1-2/h1-4H,8H2;1-2H3. The molecule has 10 heavy (non-hydrogen) atoms. The zero-order valence-electron chi connectivity index (χ0n) is 6.26. The topological polar surface area (TPSA) is 26.0 Å². The van der Waals surface area contributed by atoms with Crippen molar-refractivity contribution in [2.75, 3.05) is 5.73 Å². The molecular weight excluding hydrogens is 190 g/mol. The summed E-state index contributed by atoms with van der Waals surface area (Å²) >= 11 is 3.29. The lowest BCUT2D eigenvalue weighted by Gasteiger charge is -1.88. The lowest BCUT2D eigenvalue weighted by atomic mass is 10.3. The van der Waals surface area contributed by atoms with E-state index in [1.807, 2.05) is 38.1 Å². The summed E-state index contributed by atoms with van der Waals surface area (Å²) in [6, 6.07) is 7.53. The quantitative estimate of drug-likeness (QED) is 0.643. The molecule has 56 valence electrons. The molecule has 0 aromatic heterocycles. The number of nitrogen functional groups attached to an aromatic ring is 1. The predicted molar refractivity (Wildman–Crippen MR) is 49.9 cm³/mol. The molecule has 0 bridgehead atoms. The van der Waals surface area contributed by atoms with Crippen molar-refractivity contribution in [3.63, 3.8) is 0 Å². The molecule has 0 saturated heterocycles. The third-order valence-corrected chi connectivity index (χ3v) is 1.40. The average molecular weight is 202 g/mol. The Hall–Kier alpha value is -0.500. The van der Waals surface area contributed by atoms with E-state index in [4.69, 9.17) is 5.73 Å². The Labute approximate surface area is 70.4 Å². The first kappa shape index (κ1) is 9.50. The average Bonchev–Trinajstić information content (AvgIpc) is 2.00. The van der Waals surface area contributed by atoms with Crippen molar-refractivity contribution in [2.45, 2.75) is 13.8 Å². The maximum Gasteiger partial charge on any atom is 0.0314 e. The van der Waals surface area contributed by atoms with E-state index in [0.717, 1.165) is 10.2 Å². The van der Waals surface area contributed by atoms with E-state index >= 15 is 0 Å². The van der Waals surface area contributed by atoms with Crippen LogP contribution in [0.2, 0.25) is 0 Å². The fourth-order valence-corrected chi connectivity index (χ4v) is 0.727. The van der Waals surface area contributed by atoms with Crippen LogP contribution in [0, 0.1) is 0 Å². The maximum absolute atomic E-state index is 5.41. The van der Waals surface area contributed by atoms with Gasteiger partial charge in [-0.25, -0.2) is 0 Å². The Kier molecular flexibility index (Phi) is 5.03. The second-order valence-corrected chi connectivity index (χ2v) is 2.47. The summed E-state index contributed by atoms with van der Waals surface area (Å²) in [5, 5.41) is 0. The minimum Gasteiger partial charge on any atom is -0.399 e. The molecule has 0 saturated carbocycles. The monoisotopic (exact) mass is 201 g/mol. The van der Waals surface area contributed by atoms with Crippen LogP contribution in [0.5, 0.6) is 0 Å². The van der Waals surface area contributed by atoms with Gasteiger partial charge in [0.25, 0.3) is 0 Å². The number of hydrogen-bond donors (Lipinski definition) is 1. The van der Waals surface area contributed by atoms with Gasteiger partial charge in [0.1, 0.15) is 0 Å². The molecule has 2 N–H and O–H groups in total. The number of anilines is 1. The number of hydrogen-bond acceptors (Lipinski definition) is 1. The highest BCUT2D eigenvalue weighted by atomic mass is 79.9. The number of nitrogens with two attached hydrogens (primary N) is 1. The SMILES string of the molecule is CC.Nc1ccc(Br)cc1. The van der Waals surface area contributed by atoms with E-state index < -0.39 is 0 Å². The summed E-state index contributed by atoms with van der Waals surface area (Å²) < 4.78 is 1.06. The molecule has 0 aliphatic carbocycles. The first-order valence-corrected chi connectivity index (χ1v) is 4.09. The third-order valence-electron chi connectivity index (χ3n) is 0.870. The van der Waals surface area contributed by atoms with Crippen LogP contribution in [0.1, 0.15) is 13.8 Å².